The van der Waals surface area contributed by atoms with Crippen molar-refractivity contribution in [2.75, 3.05) is 41.6 Å². The lowest BCUT2D eigenvalue weighted by Crippen LogP contribution is -2.26. The maximum atomic E-state index is 5.67. The van der Waals surface area contributed by atoms with E-state index in [2.05, 4.69) is 20.3 Å². The SMILES string of the molecule is CN(C)c1nc(N)nc(NC2CCSCC2)n1. The van der Waals surface area contributed by atoms with Crippen molar-refractivity contribution in [1.82, 2.24) is 15.0 Å². The van der Waals surface area contributed by atoms with Crippen molar-refractivity contribution in [3.8, 4) is 0 Å². The Morgan fingerprint density at radius 1 is 1.24 bits per heavy atom. The molecule has 17 heavy (non-hydrogen) atoms. The fourth-order valence-electron chi connectivity index (χ4n) is 1.67. The molecule has 0 atom stereocenters. The lowest BCUT2D eigenvalue weighted by Gasteiger charge is -2.22. The molecule has 0 aromatic carbocycles. The van der Waals surface area contributed by atoms with Crippen molar-refractivity contribution < 1.29 is 0 Å². The molecule has 2 heterocycles. The number of hydrogen-bond donors (Lipinski definition) is 2. The summed E-state index contributed by atoms with van der Waals surface area (Å²) in [7, 11) is 3.77. The summed E-state index contributed by atoms with van der Waals surface area (Å²) >= 11 is 1.99. The van der Waals surface area contributed by atoms with Crippen LogP contribution in [0.4, 0.5) is 17.8 Å². The topological polar surface area (TPSA) is 80.0 Å². The van der Waals surface area contributed by atoms with Gasteiger partial charge in [0.05, 0.1) is 0 Å². The molecule has 1 fully saturated rings. The predicted molar refractivity (Wildman–Crippen MR) is 72.5 cm³/mol. The van der Waals surface area contributed by atoms with E-state index in [4.69, 9.17) is 5.73 Å². The molecule has 6 nitrogen and oxygen atoms in total. The van der Waals surface area contributed by atoms with Gasteiger partial charge in [0.1, 0.15) is 0 Å². The van der Waals surface area contributed by atoms with Crippen LogP contribution in [-0.4, -0.2) is 46.6 Å². The molecule has 0 spiro atoms. The summed E-state index contributed by atoms with van der Waals surface area (Å²) in [6.07, 6.45) is 2.29. The molecule has 0 unspecified atom stereocenters. The van der Waals surface area contributed by atoms with E-state index in [0.717, 1.165) is 12.8 Å². The minimum Gasteiger partial charge on any atom is -0.368 e. The van der Waals surface area contributed by atoms with E-state index in [9.17, 15) is 0 Å². The Kier molecular flexibility index (Phi) is 3.88. The number of nitrogens with zero attached hydrogens (tertiary/aromatic N) is 4. The number of thioether (sulfide) groups is 1. The molecule has 0 radical (unpaired) electrons. The molecule has 0 bridgehead atoms. The number of nitrogens with two attached hydrogens (primary N) is 1. The Balaban J connectivity index is 2.09. The van der Waals surface area contributed by atoms with Crippen LogP contribution in [0.3, 0.4) is 0 Å². The van der Waals surface area contributed by atoms with Gasteiger partial charge in [0.25, 0.3) is 0 Å². The first-order chi connectivity index (χ1) is 8.15. The molecule has 1 aromatic heterocycles. The Bertz CT molecular complexity index is 377. The average molecular weight is 254 g/mol. The van der Waals surface area contributed by atoms with Gasteiger partial charge in [0.2, 0.25) is 17.8 Å². The third-order valence-electron chi connectivity index (χ3n) is 2.60. The van der Waals surface area contributed by atoms with E-state index >= 15 is 0 Å². The Morgan fingerprint density at radius 3 is 2.59 bits per heavy atom. The van der Waals surface area contributed by atoms with Gasteiger partial charge in [-0.2, -0.15) is 26.7 Å². The first kappa shape index (κ1) is 12.2. The van der Waals surface area contributed by atoms with Gasteiger partial charge in [-0.3, -0.25) is 0 Å². The first-order valence-corrected chi connectivity index (χ1v) is 6.84. The molecule has 0 aliphatic carbocycles. The van der Waals surface area contributed by atoms with Crippen LogP contribution >= 0.6 is 11.8 Å². The molecular weight excluding hydrogens is 236 g/mol. The number of hydrogen-bond acceptors (Lipinski definition) is 7. The third-order valence-corrected chi connectivity index (χ3v) is 3.64. The van der Waals surface area contributed by atoms with Gasteiger partial charge in [-0.15, -0.1) is 0 Å². The molecule has 1 aliphatic rings. The van der Waals surface area contributed by atoms with Gasteiger partial charge in [0, 0.05) is 20.1 Å². The Hall–Kier alpha value is -1.24. The van der Waals surface area contributed by atoms with Crippen molar-refractivity contribution in [3.05, 3.63) is 0 Å². The van der Waals surface area contributed by atoms with Crippen LogP contribution in [-0.2, 0) is 0 Å². The van der Waals surface area contributed by atoms with Gasteiger partial charge in [-0.25, -0.2) is 0 Å². The summed E-state index contributed by atoms with van der Waals surface area (Å²) in [5.41, 5.74) is 5.67. The Labute approximate surface area is 105 Å². The third kappa shape index (κ3) is 3.36. The zero-order valence-corrected chi connectivity index (χ0v) is 11.0. The van der Waals surface area contributed by atoms with Crippen molar-refractivity contribution in [2.24, 2.45) is 0 Å². The Morgan fingerprint density at radius 2 is 1.94 bits per heavy atom. The zero-order chi connectivity index (χ0) is 12.3. The molecule has 1 saturated heterocycles. The molecule has 94 valence electrons. The highest BCUT2D eigenvalue weighted by Gasteiger charge is 2.15. The van der Waals surface area contributed by atoms with Crippen LogP contribution in [0.1, 0.15) is 12.8 Å². The van der Waals surface area contributed by atoms with E-state index in [0.29, 0.717) is 17.9 Å². The molecule has 7 heteroatoms. The monoisotopic (exact) mass is 254 g/mol. The van der Waals surface area contributed by atoms with Crippen LogP contribution in [0.25, 0.3) is 0 Å². The van der Waals surface area contributed by atoms with E-state index in [1.807, 2.05) is 30.8 Å². The van der Waals surface area contributed by atoms with Gasteiger partial charge in [-0.05, 0) is 24.3 Å². The van der Waals surface area contributed by atoms with Crippen molar-refractivity contribution in [1.29, 1.82) is 0 Å². The van der Waals surface area contributed by atoms with Crippen LogP contribution in [0.15, 0.2) is 0 Å². The van der Waals surface area contributed by atoms with E-state index in [1.54, 1.807) is 0 Å². The summed E-state index contributed by atoms with van der Waals surface area (Å²) in [6, 6.07) is 0.452. The second-order valence-corrected chi connectivity index (χ2v) is 5.47. The first-order valence-electron chi connectivity index (χ1n) is 5.68. The normalized spacial score (nSPS) is 16.8. The quantitative estimate of drug-likeness (QED) is 0.826. The van der Waals surface area contributed by atoms with E-state index in [1.165, 1.54) is 11.5 Å². The summed E-state index contributed by atoms with van der Waals surface area (Å²) in [6.45, 7) is 0. The summed E-state index contributed by atoms with van der Waals surface area (Å²) in [5.74, 6) is 3.82. The van der Waals surface area contributed by atoms with Gasteiger partial charge >= 0.3 is 0 Å². The standard InChI is InChI=1S/C10H18N6S/c1-16(2)10-14-8(11)13-9(15-10)12-7-3-5-17-6-4-7/h7H,3-6H2,1-2H3,(H3,11,12,13,14,15). The predicted octanol–water partition coefficient (Wildman–Crippen LogP) is 0.827. The number of anilines is 3. The van der Waals surface area contributed by atoms with Gasteiger partial charge < -0.3 is 16.0 Å². The van der Waals surface area contributed by atoms with Gasteiger partial charge in [-0.1, -0.05) is 0 Å². The molecule has 1 aliphatic heterocycles. The van der Waals surface area contributed by atoms with Crippen LogP contribution in [0.5, 0.6) is 0 Å². The van der Waals surface area contributed by atoms with Crippen molar-refractivity contribution >= 4 is 29.6 Å². The number of aromatic nitrogens is 3. The second kappa shape index (κ2) is 5.39. The highest BCUT2D eigenvalue weighted by atomic mass is 32.2. The maximum absolute atomic E-state index is 5.67. The lowest BCUT2D eigenvalue weighted by molar-refractivity contribution is 0.659. The maximum Gasteiger partial charge on any atom is 0.231 e. The van der Waals surface area contributed by atoms with Crippen LogP contribution in [0, 0.1) is 0 Å². The zero-order valence-electron chi connectivity index (χ0n) is 10.2. The van der Waals surface area contributed by atoms with Crippen molar-refractivity contribution in [2.45, 2.75) is 18.9 Å². The molecule has 0 saturated carbocycles. The largest absolute Gasteiger partial charge is 0.368 e. The fraction of sp³-hybridized carbons (Fsp3) is 0.700. The summed E-state index contributed by atoms with van der Waals surface area (Å²) in [5, 5.41) is 3.33. The van der Waals surface area contributed by atoms with Crippen LogP contribution < -0.4 is 16.0 Å². The lowest BCUT2D eigenvalue weighted by atomic mass is 10.2. The highest BCUT2D eigenvalue weighted by molar-refractivity contribution is 7.99. The van der Waals surface area contributed by atoms with Crippen molar-refractivity contribution in [3.63, 3.8) is 0 Å². The van der Waals surface area contributed by atoms with E-state index < -0.39 is 0 Å². The fourth-order valence-corrected chi connectivity index (χ4v) is 2.78. The average Bonchev–Trinajstić information content (AvgIpc) is 2.29. The molecular formula is C10H18N6S. The highest BCUT2D eigenvalue weighted by Crippen LogP contribution is 2.20. The number of rotatable bonds is 3. The van der Waals surface area contributed by atoms with E-state index in [-0.39, 0.29) is 5.95 Å². The molecule has 0 amide bonds. The molecule has 3 N–H and O–H groups in total. The smallest absolute Gasteiger partial charge is 0.231 e. The molecule has 2 rings (SSSR count). The number of nitrogens with one attached hydrogen (secondary N) is 1. The molecule has 1 aromatic rings. The van der Waals surface area contributed by atoms with Crippen LogP contribution in [0.2, 0.25) is 0 Å². The second-order valence-electron chi connectivity index (χ2n) is 4.24. The minimum atomic E-state index is 0.261. The van der Waals surface area contributed by atoms with Gasteiger partial charge in [0.15, 0.2) is 0 Å². The minimum absolute atomic E-state index is 0.261. The number of nitrogen functional groups attached to an aromatic ring is 1. The summed E-state index contributed by atoms with van der Waals surface area (Å²) in [4.78, 5) is 14.3. The summed E-state index contributed by atoms with van der Waals surface area (Å²) < 4.78 is 0.